The normalized spacial score (nSPS) is 19.2. The number of thioether (sulfide) groups is 1. The Morgan fingerprint density at radius 3 is 2.43 bits per heavy atom. The average Bonchev–Trinajstić information content (AvgIpc) is 2.45. The lowest BCUT2D eigenvalue weighted by Crippen LogP contribution is -2.38. The minimum Gasteiger partial charge on any atom is -0.316 e. The molecule has 0 saturated carbocycles. The quantitative estimate of drug-likeness (QED) is 0.759. The van der Waals surface area contributed by atoms with Gasteiger partial charge in [-0.1, -0.05) is 0 Å². The Morgan fingerprint density at radius 1 is 1.26 bits per heavy atom. The highest BCUT2D eigenvalue weighted by atomic mass is 35.5. The van der Waals surface area contributed by atoms with Crippen LogP contribution >= 0.6 is 24.2 Å². The molecule has 0 spiro atoms. The van der Waals surface area contributed by atoms with Gasteiger partial charge >= 0.3 is 5.51 Å². The van der Waals surface area contributed by atoms with Gasteiger partial charge in [0.2, 0.25) is 10.0 Å². The van der Waals surface area contributed by atoms with Gasteiger partial charge < -0.3 is 5.32 Å². The summed E-state index contributed by atoms with van der Waals surface area (Å²) in [5, 5.41) is 3.20. The molecule has 1 saturated heterocycles. The van der Waals surface area contributed by atoms with E-state index in [4.69, 9.17) is 0 Å². The van der Waals surface area contributed by atoms with Crippen molar-refractivity contribution in [2.75, 3.05) is 19.6 Å². The van der Waals surface area contributed by atoms with Crippen LogP contribution in [0.5, 0.6) is 0 Å². The molecule has 1 atom stereocenters. The van der Waals surface area contributed by atoms with Gasteiger partial charge in [0.05, 0.1) is 4.90 Å². The van der Waals surface area contributed by atoms with Gasteiger partial charge in [-0.3, -0.25) is 0 Å². The van der Waals surface area contributed by atoms with Crippen molar-refractivity contribution in [2.45, 2.75) is 28.1 Å². The van der Waals surface area contributed by atoms with Crippen LogP contribution in [0.15, 0.2) is 34.1 Å². The van der Waals surface area contributed by atoms with Crippen LogP contribution in [-0.4, -0.2) is 33.6 Å². The maximum absolute atomic E-state index is 12.2. The molecule has 10 heteroatoms. The minimum atomic E-state index is -4.38. The third-order valence-electron chi connectivity index (χ3n) is 3.33. The predicted molar refractivity (Wildman–Crippen MR) is 86.4 cm³/mol. The molecule has 1 aromatic rings. The van der Waals surface area contributed by atoms with E-state index >= 15 is 0 Å². The van der Waals surface area contributed by atoms with E-state index in [9.17, 15) is 21.6 Å². The Balaban J connectivity index is 0.00000264. The number of halogens is 4. The van der Waals surface area contributed by atoms with E-state index in [2.05, 4.69) is 10.0 Å². The fourth-order valence-corrected chi connectivity index (χ4v) is 3.89. The topological polar surface area (TPSA) is 58.2 Å². The summed E-state index contributed by atoms with van der Waals surface area (Å²) >= 11 is -0.267. The molecule has 4 nitrogen and oxygen atoms in total. The molecule has 1 aromatic carbocycles. The molecule has 1 fully saturated rings. The molecule has 132 valence electrons. The van der Waals surface area contributed by atoms with Crippen LogP contribution < -0.4 is 10.0 Å². The molecule has 0 bridgehead atoms. The Morgan fingerprint density at radius 2 is 1.91 bits per heavy atom. The van der Waals surface area contributed by atoms with Crippen LogP contribution in [0.2, 0.25) is 0 Å². The van der Waals surface area contributed by atoms with E-state index in [1.165, 1.54) is 12.1 Å². The molecule has 1 aliphatic heterocycles. The smallest absolute Gasteiger partial charge is 0.316 e. The van der Waals surface area contributed by atoms with Crippen LogP contribution in [-0.2, 0) is 10.0 Å². The zero-order valence-electron chi connectivity index (χ0n) is 12.1. The van der Waals surface area contributed by atoms with Gasteiger partial charge in [0.25, 0.3) is 0 Å². The van der Waals surface area contributed by atoms with E-state index in [1.54, 1.807) is 0 Å². The summed E-state index contributed by atoms with van der Waals surface area (Å²) < 4.78 is 63.4. The van der Waals surface area contributed by atoms with Crippen molar-refractivity contribution in [1.82, 2.24) is 10.0 Å². The number of alkyl halides is 3. The van der Waals surface area contributed by atoms with Gasteiger partial charge in [0.1, 0.15) is 0 Å². The third-order valence-corrected chi connectivity index (χ3v) is 5.51. The Hall–Kier alpha value is -0.480. The minimum absolute atomic E-state index is 0. The maximum atomic E-state index is 12.2. The van der Waals surface area contributed by atoms with Crippen LogP contribution in [0.3, 0.4) is 0 Å². The molecule has 0 aliphatic carbocycles. The number of nitrogens with one attached hydrogen (secondary N) is 2. The molecule has 0 radical (unpaired) electrons. The van der Waals surface area contributed by atoms with E-state index in [-0.39, 0.29) is 39.9 Å². The first-order valence-corrected chi connectivity index (χ1v) is 9.12. The Bertz CT molecular complexity index is 588. The van der Waals surface area contributed by atoms with E-state index in [0.717, 1.165) is 38.1 Å². The number of piperidine rings is 1. The first kappa shape index (κ1) is 20.6. The van der Waals surface area contributed by atoms with Crippen molar-refractivity contribution in [3.63, 3.8) is 0 Å². The first-order chi connectivity index (χ1) is 10.3. The van der Waals surface area contributed by atoms with Gasteiger partial charge in [0, 0.05) is 11.4 Å². The van der Waals surface area contributed by atoms with Gasteiger partial charge in [0.15, 0.2) is 0 Å². The largest absolute Gasteiger partial charge is 0.446 e. The number of hydrogen-bond donors (Lipinski definition) is 2. The maximum Gasteiger partial charge on any atom is 0.446 e. The molecule has 23 heavy (non-hydrogen) atoms. The third kappa shape index (κ3) is 6.88. The average molecular weight is 391 g/mol. The highest BCUT2D eigenvalue weighted by Gasteiger charge is 2.29. The summed E-state index contributed by atoms with van der Waals surface area (Å²) in [5.41, 5.74) is -4.38. The highest BCUT2D eigenvalue weighted by molar-refractivity contribution is 8.00. The van der Waals surface area contributed by atoms with Crippen LogP contribution in [0, 0.1) is 5.92 Å². The first-order valence-electron chi connectivity index (χ1n) is 6.82. The number of benzene rings is 1. The summed E-state index contributed by atoms with van der Waals surface area (Å²) in [6.07, 6.45) is 1.96. The molecule has 2 N–H and O–H groups in total. The summed E-state index contributed by atoms with van der Waals surface area (Å²) in [6, 6.07) is 4.70. The van der Waals surface area contributed by atoms with Gasteiger partial charge in [-0.15, -0.1) is 12.4 Å². The molecule has 1 aliphatic rings. The van der Waals surface area contributed by atoms with Crippen LogP contribution in [0.1, 0.15) is 12.8 Å². The zero-order valence-corrected chi connectivity index (χ0v) is 14.5. The molecule has 2 rings (SSSR count). The lowest BCUT2D eigenvalue weighted by molar-refractivity contribution is -0.0328. The van der Waals surface area contributed by atoms with Crippen molar-refractivity contribution in [1.29, 1.82) is 0 Å². The zero-order chi connectivity index (χ0) is 16.2. The molecule has 0 aromatic heterocycles. The number of hydrogen-bond acceptors (Lipinski definition) is 4. The van der Waals surface area contributed by atoms with Crippen LogP contribution in [0.4, 0.5) is 13.2 Å². The van der Waals surface area contributed by atoms with Crippen molar-refractivity contribution in [2.24, 2.45) is 5.92 Å². The number of rotatable bonds is 5. The second-order valence-corrected chi connectivity index (χ2v) is 7.99. The predicted octanol–water partition coefficient (Wildman–Crippen LogP) is 3.00. The molecular formula is C13H18ClF3N2O2S2. The Kier molecular flexibility index (Phi) is 7.66. The summed E-state index contributed by atoms with van der Waals surface area (Å²) in [4.78, 5) is -0.0641. The van der Waals surface area contributed by atoms with E-state index in [0.29, 0.717) is 6.54 Å². The van der Waals surface area contributed by atoms with Gasteiger partial charge in [-0.2, -0.15) is 13.2 Å². The summed E-state index contributed by atoms with van der Waals surface area (Å²) in [5.74, 6) is 0.239. The second kappa shape index (κ2) is 8.57. The van der Waals surface area contributed by atoms with Gasteiger partial charge in [-0.25, -0.2) is 13.1 Å². The standard InChI is InChI=1S/C13H17F3N2O2S2.ClH/c14-13(15,16)21-11-3-5-12(6-4-11)22(19,20)18-9-10-2-1-7-17-8-10;/h3-6,10,17-18H,1-2,7-9H2;1H. The summed E-state index contributed by atoms with van der Waals surface area (Å²) in [7, 11) is -3.69. The summed E-state index contributed by atoms with van der Waals surface area (Å²) in [6.45, 7) is 2.04. The fourth-order valence-electron chi connectivity index (χ4n) is 2.23. The molecule has 0 amide bonds. The highest BCUT2D eigenvalue weighted by Crippen LogP contribution is 2.36. The van der Waals surface area contributed by atoms with Crippen molar-refractivity contribution in [3.8, 4) is 0 Å². The van der Waals surface area contributed by atoms with Crippen molar-refractivity contribution < 1.29 is 21.6 Å². The monoisotopic (exact) mass is 390 g/mol. The second-order valence-electron chi connectivity index (χ2n) is 5.08. The van der Waals surface area contributed by atoms with Gasteiger partial charge in [-0.05, 0) is 67.9 Å². The van der Waals surface area contributed by atoms with Crippen molar-refractivity contribution >= 4 is 34.2 Å². The van der Waals surface area contributed by atoms with E-state index < -0.39 is 15.5 Å². The van der Waals surface area contributed by atoms with E-state index in [1.807, 2.05) is 0 Å². The fraction of sp³-hybridized carbons (Fsp3) is 0.538. The van der Waals surface area contributed by atoms with Crippen LogP contribution in [0.25, 0.3) is 0 Å². The lowest BCUT2D eigenvalue weighted by atomic mass is 10.0. The Labute approximate surface area is 144 Å². The molecular weight excluding hydrogens is 373 g/mol. The SMILES string of the molecule is Cl.O=S(=O)(NCC1CCCNC1)c1ccc(SC(F)(F)F)cc1. The molecule has 1 heterocycles. The lowest BCUT2D eigenvalue weighted by Gasteiger charge is -2.22. The number of sulfonamides is 1. The molecule has 1 unspecified atom stereocenters. The van der Waals surface area contributed by atoms with Crippen molar-refractivity contribution in [3.05, 3.63) is 24.3 Å².